The van der Waals surface area contributed by atoms with Crippen LogP contribution in [0.4, 0.5) is 0 Å². The Bertz CT molecular complexity index is 527. The number of ether oxygens (including phenoxy) is 1. The monoisotopic (exact) mass is 343 g/mol. The molecule has 110 valence electrons. The smallest absolute Gasteiger partial charge is 0.270 e. The number of rotatable bonds is 3. The van der Waals surface area contributed by atoms with Gasteiger partial charge in [0.05, 0.1) is 13.2 Å². The number of amides is 2. The van der Waals surface area contributed by atoms with Gasteiger partial charge in [0, 0.05) is 23.3 Å². The van der Waals surface area contributed by atoms with Crippen LogP contribution in [0.5, 0.6) is 0 Å². The van der Waals surface area contributed by atoms with Gasteiger partial charge < -0.3 is 19.9 Å². The number of primary amides is 1. The highest BCUT2D eigenvalue weighted by atomic mass is 79.9. The lowest BCUT2D eigenvalue weighted by molar-refractivity contribution is -0.133. The summed E-state index contributed by atoms with van der Waals surface area (Å²) in [6.45, 7) is 5.00. The van der Waals surface area contributed by atoms with E-state index in [2.05, 4.69) is 15.9 Å². The average molecular weight is 344 g/mol. The van der Waals surface area contributed by atoms with Crippen LogP contribution in [0.2, 0.25) is 0 Å². The normalized spacial score (nSPS) is 19.4. The van der Waals surface area contributed by atoms with Crippen molar-refractivity contribution in [2.24, 2.45) is 5.73 Å². The predicted molar refractivity (Wildman–Crippen MR) is 77.4 cm³/mol. The number of aromatic nitrogens is 1. The number of nitrogens with two attached hydrogens (primary N) is 1. The summed E-state index contributed by atoms with van der Waals surface area (Å²) in [6, 6.07) is 1.96. The van der Waals surface area contributed by atoms with Crippen LogP contribution in [0, 0.1) is 0 Å². The molecule has 6 nitrogen and oxygen atoms in total. The zero-order valence-corrected chi connectivity index (χ0v) is 13.1. The summed E-state index contributed by atoms with van der Waals surface area (Å²) in [6.07, 6.45) is 1.16. The molecule has 1 aliphatic rings. The van der Waals surface area contributed by atoms with E-state index in [1.807, 2.05) is 24.6 Å². The summed E-state index contributed by atoms with van der Waals surface area (Å²) in [7, 11) is 0. The second-order valence-electron chi connectivity index (χ2n) is 5.06. The lowest BCUT2D eigenvalue weighted by Gasteiger charge is -2.31. The minimum atomic E-state index is -0.724. The van der Waals surface area contributed by atoms with E-state index in [0.717, 1.165) is 4.47 Å². The molecule has 20 heavy (non-hydrogen) atoms. The molecule has 0 radical (unpaired) electrons. The van der Waals surface area contributed by atoms with Gasteiger partial charge in [-0.3, -0.25) is 9.59 Å². The molecule has 0 saturated carbocycles. The number of hydrogen-bond donors (Lipinski definition) is 1. The molecule has 1 aromatic rings. The fourth-order valence-corrected chi connectivity index (χ4v) is 2.65. The predicted octanol–water partition coefficient (Wildman–Crippen LogP) is 1.16. The third-order valence-corrected chi connectivity index (χ3v) is 3.70. The molecule has 2 heterocycles. The average Bonchev–Trinajstić information content (AvgIpc) is 2.80. The maximum atomic E-state index is 12.6. The minimum absolute atomic E-state index is 0.112. The molecular weight excluding hydrogens is 326 g/mol. The molecule has 1 fully saturated rings. The molecule has 2 N–H and O–H groups in total. The highest BCUT2D eigenvalue weighted by Crippen LogP contribution is 2.21. The second-order valence-corrected chi connectivity index (χ2v) is 5.97. The summed E-state index contributed by atoms with van der Waals surface area (Å²) < 4.78 is 8.01. The Morgan fingerprint density at radius 2 is 2.20 bits per heavy atom. The van der Waals surface area contributed by atoms with E-state index >= 15 is 0 Å². The first-order valence-corrected chi connectivity index (χ1v) is 7.27. The highest BCUT2D eigenvalue weighted by Gasteiger charge is 2.29. The summed E-state index contributed by atoms with van der Waals surface area (Å²) >= 11 is 3.39. The van der Waals surface area contributed by atoms with Gasteiger partial charge in [-0.2, -0.15) is 0 Å². The molecule has 1 aromatic heterocycles. The zero-order valence-electron chi connectivity index (χ0n) is 11.5. The third-order valence-electron chi connectivity index (χ3n) is 3.26. The van der Waals surface area contributed by atoms with Crippen molar-refractivity contribution in [3.63, 3.8) is 0 Å². The van der Waals surface area contributed by atoms with E-state index in [1.54, 1.807) is 11.0 Å². The van der Waals surface area contributed by atoms with Gasteiger partial charge in [-0.15, -0.1) is 0 Å². The first kappa shape index (κ1) is 15.1. The van der Waals surface area contributed by atoms with Crippen molar-refractivity contribution in [3.05, 3.63) is 22.4 Å². The highest BCUT2D eigenvalue weighted by molar-refractivity contribution is 9.10. The van der Waals surface area contributed by atoms with Gasteiger partial charge in [0.25, 0.3) is 5.91 Å². The molecule has 1 unspecified atom stereocenters. The van der Waals surface area contributed by atoms with Crippen molar-refractivity contribution in [1.29, 1.82) is 0 Å². The van der Waals surface area contributed by atoms with E-state index < -0.39 is 12.0 Å². The Morgan fingerprint density at radius 1 is 1.50 bits per heavy atom. The number of carbonyl (C=O) groups is 2. The molecule has 0 aliphatic carbocycles. The van der Waals surface area contributed by atoms with Crippen LogP contribution < -0.4 is 5.73 Å². The van der Waals surface area contributed by atoms with Crippen molar-refractivity contribution in [2.45, 2.75) is 26.0 Å². The summed E-state index contributed by atoms with van der Waals surface area (Å²) in [5.74, 6) is -0.651. The topological polar surface area (TPSA) is 77.6 Å². The maximum absolute atomic E-state index is 12.6. The van der Waals surface area contributed by atoms with Crippen LogP contribution in [0.3, 0.4) is 0 Å². The van der Waals surface area contributed by atoms with Gasteiger partial charge in [-0.1, -0.05) is 0 Å². The fraction of sp³-hybridized carbons (Fsp3) is 0.538. The van der Waals surface area contributed by atoms with Gasteiger partial charge in [-0.25, -0.2) is 0 Å². The van der Waals surface area contributed by atoms with Crippen LogP contribution in [-0.4, -0.2) is 47.1 Å². The van der Waals surface area contributed by atoms with E-state index in [0.29, 0.717) is 18.8 Å². The van der Waals surface area contributed by atoms with Gasteiger partial charge in [0.2, 0.25) is 5.91 Å². The molecule has 0 aromatic carbocycles. The minimum Gasteiger partial charge on any atom is -0.367 e. The first-order chi connectivity index (χ1) is 9.40. The van der Waals surface area contributed by atoms with Crippen molar-refractivity contribution in [2.75, 3.05) is 19.7 Å². The third kappa shape index (κ3) is 3.04. The van der Waals surface area contributed by atoms with Crippen molar-refractivity contribution in [3.8, 4) is 0 Å². The largest absolute Gasteiger partial charge is 0.367 e. The standard InChI is InChI=1S/C13H18BrN3O3/c1-8(2)17-6-9(14)5-10(17)13(19)16-3-4-20-11(7-16)12(15)18/h5-6,8,11H,3-4,7H2,1-2H3,(H2,15,18). The lowest BCUT2D eigenvalue weighted by Crippen LogP contribution is -2.50. The molecular formula is C13H18BrN3O3. The van der Waals surface area contributed by atoms with Crippen molar-refractivity contribution in [1.82, 2.24) is 9.47 Å². The SMILES string of the molecule is CC(C)n1cc(Br)cc1C(=O)N1CCOC(C(N)=O)C1. The molecule has 1 atom stereocenters. The molecule has 0 spiro atoms. The van der Waals surface area contributed by atoms with E-state index in [4.69, 9.17) is 10.5 Å². The van der Waals surface area contributed by atoms with Crippen molar-refractivity contribution < 1.29 is 14.3 Å². The molecule has 2 rings (SSSR count). The number of carbonyl (C=O) groups excluding carboxylic acids is 2. The molecule has 1 aliphatic heterocycles. The zero-order chi connectivity index (χ0) is 14.9. The summed E-state index contributed by atoms with van der Waals surface area (Å²) in [5, 5.41) is 0. The van der Waals surface area contributed by atoms with E-state index in [1.165, 1.54) is 0 Å². The fourth-order valence-electron chi connectivity index (χ4n) is 2.21. The quantitative estimate of drug-likeness (QED) is 0.894. The van der Waals surface area contributed by atoms with Gasteiger partial charge in [0.1, 0.15) is 5.69 Å². The maximum Gasteiger partial charge on any atom is 0.270 e. The molecule has 2 amide bonds. The lowest BCUT2D eigenvalue weighted by atomic mass is 10.2. The Labute approximate surface area is 126 Å². The Hall–Kier alpha value is -1.34. The van der Waals surface area contributed by atoms with E-state index in [9.17, 15) is 9.59 Å². The van der Waals surface area contributed by atoms with Crippen LogP contribution in [0.15, 0.2) is 16.7 Å². The number of halogens is 1. The van der Waals surface area contributed by atoms with Gasteiger partial charge in [0.15, 0.2) is 6.10 Å². The first-order valence-electron chi connectivity index (χ1n) is 6.47. The summed E-state index contributed by atoms with van der Waals surface area (Å²) in [5.41, 5.74) is 5.83. The Morgan fingerprint density at radius 3 is 2.80 bits per heavy atom. The van der Waals surface area contributed by atoms with Crippen LogP contribution >= 0.6 is 15.9 Å². The molecule has 1 saturated heterocycles. The number of nitrogens with zero attached hydrogens (tertiary/aromatic N) is 2. The summed E-state index contributed by atoms with van der Waals surface area (Å²) in [4.78, 5) is 25.4. The van der Waals surface area contributed by atoms with Crippen molar-refractivity contribution >= 4 is 27.7 Å². The molecule has 7 heteroatoms. The number of hydrogen-bond acceptors (Lipinski definition) is 3. The van der Waals surface area contributed by atoms with Gasteiger partial charge >= 0.3 is 0 Å². The van der Waals surface area contributed by atoms with Crippen LogP contribution in [0.25, 0.3) is 0 Å². The molecule has 0 bridgehead atoms. The Kier molecular flexibility index (Phi) is 4.49. The van der Waals surface area contributed by atoms with E-state index in [-0.39, 0.29) is 18.5 Å². The van der Waals surface area contributed by atoms with Gasteiger partial charge in [-0.05, 0) is 35.8 Å². The van der Waals surface area contributed by atoms with Crippen LogP contribution in [-0.2, 0) is 9.53 Å². The number of morpholine rings is 1. The Balaban J connectivity index is 2.21. The van der Waals surface area contributed by atoms with Crippen LogP contribution in [0.1, 0.15) is 30.4 Å². The second kappa shape index (κ2) is 5.97.